The second-order valence-electron chi connectivity index (χ2n) is 3.65. The molecule has 0 unspecified atom stereocenters. The number of nitrogens with zero attached hydrogens (tertiary/aromatic N) is 2. The third-order valence-corrected chi connectivity index (χ3v) is 3.27. The average Bonchev–Trinajstić information content (AvgIpc) is 2.84. The van der Waals surface area contributed by atoms with E-state index in [0.717, 1.165) is 17.7 Å². The lowest BCUT2D eigenvalue weighted by Gasteiger charge is -1.94. The van der Waals surface area contributed by atoms with Gasteiger partial charge in [-0.25, -0.2) is 4.39 Å². The van der Waals surface area contributed by atoms with Crippen molar-refractivity contribution >= 4 is 11.8 Å². The van der Waals surface area contributed by atoms with Crippen LogP contribution in [-0.2, 0) is 5.75 Å². The molecule has 0 aliphatic carbocycles. The van der Waals surface area contributed by atoms with E-state index in [1.54, 1.807) is 23.9 Å². The van der Waals surface area contributed by atoms with Crippen molar-refractivity contribution < 1.29 is 14.0 Å². The van der Waals surface area contributed by atoms with Crippen molar-refractivity contribution in [3.63, 3.8) is 0 Å². The number of hydrogen-bond acceptors (Lipinski definition) is 5. The molecular formula is C12H13FN2O2S. The van der Waals surface area contributed by atoms with E-state index >= 15 is 0 Å². The minimum Gasteiger partial charge on any atom is -0.396 e. The number of aromatic nitrogens is 2. The number of halogens is 1. The van der Waals surface area contributed by atoms with Crippen molar-refractivity contribution in [3.8, 4) is 11.4 Å². The Bertz CT molecular complexity index is 487. The fourth-order valence-corrected chi connectivity index (χ4v) is 2.13. The molecule has 1 heterocycles. The van der Waals surface area contributed by atoms with Crippen LogP contribution < -0.4 is 0 Å². The molecule has 4 nitrogen and oxygen atoms in total. The largest absolute Gasteiger partial charge is 0.396 e. The van der Waals surface area contributed by atoms with Crippen molar-refractivity contribution in [1.82, 2.24) is 10.1 Å². The van der Waals surface area contributed by atoms with Crippen LogP contribution in [0.1, 0.15) is 12.3 Å². The highest BCUT2D eigenvalue weighted by atomic mass is 32.2. The lowest BCUT2D eigenvalue weighted by molar-refractivity contribution is 0.296. The lowest BCUT2D eigenvalue weighted by Crippen LogP contribution is -1.88. The third kappa shape index (κ3) is 3.54. The van der Waals surface area contributed by atoms with E-state index in [1.807, 2.05) is 0 Å². The van der Waals surface area contributed by atoms with E-state index in [-0.39, 0.29) is 12.4 Å². The summed E-state index contributed by atoms with van der Waals surface area (Å²) in [5.41, 5.74) is 0.728. The van der Waals surface area contributed by atoms with E-state index in [0.29, 0.717) is 17.5 Å². The topological polar surface area (TPSA) is 59.2 Å². The fraction of sp³-hybridized carbons (Fsp3) is 0.333. The number of thioether (sulfide) groups is 1. The Kier molecular flexibility index (Phi) is 4.72. The number of hydrogen-bond donors (Lipinski definition) is 1. The smallest absolute Gasteiger partial charge is 0.236 e. The van der Waals surface area contributed by atoms with Crippen LogP contribution in [0, 0.1) is 5.82 Å². The Balaban J connectivity index is 1.95. The van der Waals surface area contributed by atoms with Gasteiger partial charge in [-0.2, -0.15) is 16.7 Å². The summed E-state index contributed by atoms with van der Waals surface area (Å²) in [5, 5.41) is 12.5. The summed E-state index contributed by atoms with van der Waals surface area (Å²) in [7, 11) is 0. The first-order chi connectivity index (χ1) is 8.79. The van der Waals surface area contributed by atoms with Gasteiger partial charge in [-0.05, 0) is 36.4 Å². The first kappa shape index (κ1) is 13.0. The van der Waals surface area contributed by atoms with Gasteiger partial charge in [0.15, 0.2) is 0 Å². The zero-order valence-corrected chi connectivity index (χ0v) is 10.5. The number of rotatable bonds is 6. The third-order valence-electron chi connectivity index (χ3n) is 2.24. The van der Waals surface area contributed by atoms with Crippen molar-refractivity contribution in [2.75, 3.05) is 12.4 Å². The van der Waals surface area contributed by atoms with E-state index in [2.05, 4.69) is 10.1 Å². The van der Waals surface area contributed by atoms with Crippen LogP contribution >= 0.6 is 11.8 Å². The van der Waals surface area contributed by atoms with Crippen LogP contribution in [0.15, 0.2) is 28.8 Å². The molecule has 96 valence electrons. The molecule has 0 saturated carbocycles. The predicted octanol–water partition coefficient (Wildman–Crippen LogP) is 2.49. The fourth-order valence-electron chi connectivity index (χ4n) is 1.36. The molecule has 0 amide bonds. The minimum absolute atomic E-state index is 0.192. The average molecular weight is 268 g/mol. The molecule has 6 heteroatoms. The Hall–Kier alpha value is -1.40. The first-order valence-corrected chi connectivity index (χ1v) is 6.72. The van der Waals surface area contributed by atoms with Gasteiger partial charge < -0.3 is 9.63 Å². The van der Waals surface area contributed by atoms with E-state index in [9.17, 15) is 4.39 Å². The van der Waals surface area contributed by atoms with E-state index in [4.69, 9.17) is 9.63 Å². The monoisotopic (exact) mass is 268 g/mol. The number of aliphatic hydroxyl groups excluding tert-OH is 1. The van der Waals surface area contributed by atoms with Crippen LogP contribution in [0.3, 0.4) is 0 Å². The minimum atomic E-state index is -0.290. The highest BCUT2D eigenvalue weighted by Crippen LogP contribution is 2.18. The zero-order valence-electron chi connectivity index (χ0n) is 9.67. The summed E-state index contributed by atoms with van der Waals surface area (Å²) in [5.74, 6) is 2.19. The summed E-state index contributed by atoms with van der Waals surface area (Å²) in [6.45, 7) is 0.192. The van der Waals surface area contributed by atoms with Crippen molar-refractivity contribution in [2.45, 2.75) is 12.2 Å². The molecule has 0 spiro atoms. The highest BCUT2D eigenvalue weighted by Gasteiger charge is 2.08. The van der Waals surface area contributed by atoms with E-state index < -0.39 is 0 Å². The molecule has 0 aliphatic rings. The second kappa shape index (κ2) is 6.51. The SMILES string of the molecule is OCCCSCc1nc(-c2ccc(F)cc2)no1. The van der Waals surface area contributed by atoms with Crippen LogP contribution in [0.2, 0.25) is 0 Å². The highest BCUT2D eigenvalue weighted by molar-refractivity contribution is 7.98. The Morgan fingerprint density at radius 3 is 2.78 bits per heavy atom. The van der Waals surface area contributed by atoms with Crippen LogP contribution in [0.4, 0.5) is 4.39 Å². The van der Waals surface area contributed by atoms with Gasteiger partial charge in [-0.1, -0.05) is 5.16 Å². The molecule has 0 atom stereocenters. The number of aliphatic hydroxyl groups is 1. The van der Waals surface area contributed by atoms with Crippen LogP contribution in [0.25, 0.3) is 11.4 Å². The second-order valence-corrected chi connectivity index (χ2v) is 4.75. The van der Waals surface area contributed by atoms with Gasteiger partial charge in [0.1, 0.15) is 5.82 Å². The summed E-state index contributed by atoms with van der Waals surface area (Å²) in [6.07, 6.45) is 0.754. The van der Waals surface area contributed by atoms with Crippen LogP contribution in [0.5, 0.6) is 0 Å². The van der Waals surface area contributed by atoms with Gasteiger partial charge in [0, 0.05) is 12.2 Å². The first-order valence-electron chi connectivity index (χ1n) is 5.56. The molecule has 18 heavy (non-hydrogen) atoms. The lowest BCUT2D eigenvalue weighted by atomic mass is 10.2. The summed E-state index contributed by atoms with van der Waals surface area (Å²) in [4.78, 5) is 4.22. The van der Waals surface area contributed by atoms with Gasteiger partial charge in [-0.15, -0.1) is 0 Å². The van der Waals surface area contributed by atoms with Gasteiger partial charge in [0.25, 0.3) is 0 Å². The van der Waals surface area contributed by atoms with Gasteiger partial charge >= 0.3 is 0 Å². The van der Waals surface area contributed by atoms with Crippen molar-refractivity contribution in [1.29, 1.82) is 0 Å². The Labute approximate surface area is 108 Å². The molecular weight excluding hydrogens is 255 g/mol. The molecule has 0 fully saturated rings. The quantitative estimate of drug-likeness (QED) is 0.816. The Morgan fingerprint density at radius 2 is 2.06 bits per heavy atom. The molecule has 1 aromatic carbocycles. The molecule has 2 rings (SSSR count). The standard InChI is InChI=1S/C12H13FN2O2S/c13-10-4-2-9(3-5-10)12-14-11(17-15-12)8-18-7-1-6-16/h2-5,16H,1,6-8H2. The van der Waals surface area contributed by atoms with Crippen molar-refractivity contribution in [3.05, 3.63) is 36.0 Å². The number of benzene rings is 1. The summed E-state index contributed by atoms with van der Waals surface area (Å²) in [6, 6.07) is 5.95. The van der Waals surface area contributed by atoms with Crippen LogP contribution in [-0.4, -0.2) is 27.6 Å². The van der Waals surface area contributed by atoms with Gasteiger partial charge in [0.05, 0.1) is 5.75 Å². The molecule has 1 aromatic heterocycles. The summed E-state index contributed by atoms with van der Waals surface area (Å²) < 4.78 is 17.9. The molecule has 0 radical (unpaired) electrons. The summed E-state index contributed by atoms with van der Waals surface area (Å²) >= 11 is 1.63. The maximum Gasteiger partial charge on any atom is 0.236 e. The normalized spacial score (nSPS) is 10.8. The maximum atomic E-state index is 12.8. The Morgan fingerprint density at radius 1 is 1.28 bits per heavy atom. The van der Waals surface area contributed by atoms with Gasteiger partial charge in [0.2, 0.25) is 11.7 Å². The maximum absolute atomic E-state index is 12.8. The molecule has 0 aliphatic heterocycles. The molecule has 0 bridgehead atoms. The predicted molar refractivity (Wildman–Crippen MR) is 67.6 cm³/mol. The van der Waals surface area contributed by atoms with Gasteiger partial charge in [-0.3, -0.25) is 0 Å². The van der Waals surface area contributed by atoms with Crippen molar-refractivity contribution in [2.24, 2.45) is 0 Å². The van der Waals surface area contributed by atoms with E-state index in [1.165, 1.54) is 12.1 Å². The molecule has 0 saturated heterocycles. The molecule has 1 N–H and O–H groups in total. The zero-order chi connectivity index (χ0) is 12.8. The molecule has 2 aromatic rings.